The van der Waals surface area contributed by atoms with Crippen molar-refractivity contribution in [3.05, 3.63) is 258 Å². The quantitative estimate of drug-likeness (QED) is 0.0872. The number of aryl methyl sites for hydroxylation is 8. The fourth-order valence-electron chi connectivity index (χ4n) is 8.60. The van der Waals surface area contributed by atoms with Crippen molar-refractivity contribution in [3.8, 4) is 0 Å². The number of nitrogens with one attached hydrogen (secondary N) is 6. The second-order valence-electron chi connectivity index (χ2n) is 19.7. The molecule has 13 nitrogen and oxygen atoms in total. The molecule has 0 fully saturated rings. The van der Waals surface area contributed by atoms with E-state index >= 15 is 0 Å². The molecule has 6 N–H and O–H groups in total. The Hall–Kier alpha value is -10.3. The first-order valence-corrected chi connectivity index (χ1v) is 34.3. The molecule has 16 rings (SSSR count). The monoisotopic (exact) mass is 1300 g/mol. The predicted molar refractivity (Wildman–Crippen MR) is 420 cm³/mol. The molecular formula is C83H113N11O2. The molecule has 0 unspecified atom stereocenters. The predicted octanol–water partition coefficient (Wildman–Crippen LogP) is 25.5. The zero-order chi connectivity index (χ0) is 71.8. The first kappa shape index (κ1) is 83.7. The molecule has 0 saturated heterocycles. The maximum Gasteiger partial charge on any atom is 0.166 e. The summed E-state index contributed by atoms with van der Waals surface area (Å²) in [5, 5.41) is 24.5. The Morgan fingerprint density at radius 1 is 0.271 bits per heavy atom. The van der Waals surface area contributed by atoms with Crippen LogP contribution in [-0.4, -0.2) is 55.5 Å². The summed E-state index contributed by atoms with van der Waals surface area (Å²) in [4.78, 5) is 20.6. The van der Waals surface area contributed by atoms with Crippen LogP contribution in [0.5, 0.6) is 0 Å². The largest absolute Gasteiger partial charge is 0.464 e. The summed E-state index contributed by atoms with van der Waals surface area (Å²) >= 11 is 0. The van der Waals surface area contributed by atoms with Gasteiger partial charge in [0.2, 0.25) is 0 Å². The number of hydrogen-bond acceptors (Lipinski definition) is 7. The number of H-pyrrole nitrogens is 6. The summed E-state index contributed by atoms with van der Waals surface area (Å²) in [7, 11) is 0. The third kappa shape index (κ3) is 28.5. The Labute approximate surface area is 573 Å². The molecule has 8 heterocycles. The molecule has 13 heteroatoms. The zero-order valence-electron chi connectivity index (χ0n) is 62.3. The van der Waals surface area contributed by atoms with Crippen molar-refractivity contribution in [1.82, 2.24) is 55.5 Å². The summed E-state index contributed by atoms with van der Waals surface area (Å²) in [5.74, 6) is 0. The molecule has 0 aliphatic rings. The van der Waals surface area contributed by atoms with Crippen LogP contribution in [0.1, 0.15) is 155 Å². The average molecular weight is 1300 g/mol. The SMILES string of the molecule is CC.CC.CC.CC.CC.CC.CC.CC.Cc1ccc2[nH]ccc2c1.Cc1ccc2[nH]ncc2c1.Cc1ccc2cc[nH]c2c1.Cc1ccc2ccoc2c1.Cc1ccc2cn[nH]c2c1.Cc1ccc2nc[nH]c2c1.Cc1ccc2nc[nH]c2c1.Cc1ccc2oncc2c1. The van der Waals surface area contributed by atoms with E-state index in [-0.39, 0.29) is 0 Å². The molecule has 16 aromatic rings. The van der Waals surface area contributed by atoms with Crippen LogP contribution in [0.15, 0.2) is 223 Å². The first-order chi connectivity index (χ1) is 46.9. The lowest BCUT2D eigenvalue weighted by Crippen LogP contribution is -1.71. The van der Waals surface area contributed by atoms with E-state index in [1.807, 2.05) is 191 Å². The molecule has 8 aromatic carbocycles. The van der Waals surface area contributed by atoms with Gasteiger partial charge in [-0.2, -0.15) is 10.2 Å². The van der Waals surface area contributed by atoms with Gasteiger partial charge in [0.05, 0.1) is 70.6 Å². The molecule has 0 saturated carbocycles. The van der Waals surface area contributed by atoms with Gasteiger partial charge in [-0.05, 0) is 191 Å². The van der Waals surface area contributed by atoms with Gasteiger partial charge >= 0.3 is 0 Å². The molecular weight excluding hydrogens is 1180 g/mol. The number of imidazole rings is 2. The highest BCUT2D eigenvalue weighted by molar-refractivity contribution is 5.82. The molecule has 0 aliphatic heterocycles. The topological polar surface area (TPSA) is 185 Å². The van der Waals surface area contributed by atoms with E-state index in [4.69, 9.17) is 8.94 Å². The lowest BCUT2D eigenvalue weighted by atomic mass is 10.2. The second kappa shape index (κ2) is 49.3. The van der Waals surface area contributed by atoms with Crippen molar-refractivity contribution in [2.45, 2.75) is 166 Å². The Balaban J connectivity index is 0.000000532. The van der Waals surface area contributed by atoms with Gasteiger partial charge in [0, 0.05) is 45.0 Å². The van der Waals surface area contributed by atoms with Gasteiger partial charge in [-0.1, -0.05) is 199 Å². The van der Waals surface area contributed by atoms with Crippen LogP contribution in [0.2, 0.25) is 0 Å². The van der Waals surface area contributed by atoms with Crippen LogP contribution >= 0.6 is 0 Å². The third-order valence-corrected chi connectivity index (χ3v) is 12.9. The minimum atomic E-state index is 0.852. The number of furan rings is 1. The molecule has 0 radical (unpaired) electrons. The Bertz CT molecular complexity index is 3660. The molecule has 512 valence electrons. The average Bonchev–Trinajstić information content (AvgIpc) is 3.40. The molecule has 0 spiro atoms. The normalized spacial score (nSPS) is 9.25. The number of aromatic amines is 6. The fourth-order valence-corrected chi connectivity index (χ4v) is 8.60. The lowest BCUT2D eigenvalue weighted by Gasteiger charge is -1.90. The number of benzene rings is 8. The van der Waals surface area contributed by atoms with Crippen LogP contribution in [0, 0.1) is 55.4 Å². The van der Waals surface area contributed by atoms with E-state index in [9.17, 15) is 0 Å². The highest BCUT2D eigenvalue weighted by Gasteiger charge is 1.99. The summed E-state index contributed by atoms with van der Waals surface area (Å²) in [6, 6.07) is 55.8. The first-order valence-electron chi connectivity index (χ1n) is 34.3. The molecule has 96 heavy (non-hydrogen) atoms. The van der Waals surface area contributed by atoms with Crippen molar-refractivity contribution in [3.63, 3.8) is 0 Å². The van der Waals surface area contributed by atoms with Gasteiger partial charge in [0.25, 0.3) is 0 Å². The number of rotatable bonds is 0. The number of nitrogens with zero attached hydrogens (tertiary/aromatic N) is 5. The Morgan fingerprint density at radius 3 is 1.23 bits per heavy atom. The van der Waals surface area contributed by atoms with Crippen molar-refractivity contribution >= 4 is 87.6 Å². The van der Waals surface area contributed by atoms with Crippen molar-refractivity contribution in [2.75, 3.05) is 0 Å². The van der Waals surface area contributed by atoms with Crippen LogP contribution in [-0.2, 0) is 0 Å². The minimum Gasteiger partial charge on any atom is -0.464 e. The van der Waals surface area contributed by atoms with Crippen molar-refractivity contribution < 1.29 is 8.94 Å². The summed E-state index contributed by atoms with van der Waals surface area (Å²) < 4.78 is 10.1. The number of fused-ring (bicyclic) bond motifs is 8. The van der Waals surface area contributed by atoms with Crippen LogP contribution in [0.25, 0.3) is 87.6 Å². The van der Waals surface area contributed by atoms with Crippen molar-refractivity contribution in [1.29, 1.82) is 0 Å². The second-order valence-corrected chi connectivity index (χ2v) is 19.7. The molecule has 0 aliphatic carbocycles. The van der Waals surface area contributed by atoms with Crippen molar-refractivity contribution in [2.24, 2.45) is 0 Å². The van der Waals surface area contributed by atoms with Gasteiger partial charge in [-0.3, -0.25) is 10.2 Å². The number of aromatic nitrogens is 11. The molecule has 0 bridgehead atoms. The van der Waals surface area contributed by atoms with Crippen LogP contribution in [0.3, 0.4) is 0 Å². The standard InChI is InChI=1S/2C9H9N.C9H8O.4C8H8N2.C8H7NO.8C2H6/c1-7-2-3-9-8(6-7)4-5-10-9;2*1-7-2-3-8-4-5-10-9(8)6-7;1-6-2-3-8-7(4-6)5-9-10-8;2*1-6-2-3-7-8(4-6)10-5-9-7;1-6-2-3-7-5-9-10-8(7)4-6;1-6-2-3-8-7(4-6)5-9-10-8;8*1-2/h2*2-6,10H,1H3;2-6H,1H3;4*2-5H,1H3,(H,9,10);2-5H,1H3;8*1-2H3. The van der Waals surface area contributed by atoms with E-state index in [0.29, 0.717) is 0 Å². The zero-order valence-corrected chi connectivity index (χ0v) is 62.3. The van der Waals surface area contributed by atoms with E-state index in [1.54, 1.807) is 25.1 Å². The van der Waals surface area contributed by atoms with E-state index < -0.39 is 0 Å². The van der Waals surface area contributed by atoms with Gasteiger partial charge in [-0.15, -0.1) is 0 Å². The molecule has 0 amide bonds. The summed E-state index contributed by atoms with van der Waals surface area (Å²) in [5.41, 5.74) is 20.9. The molecule has 0 atom stereocenters. The maximum atomic E-state index is 5.20. The highest BCUT2D eigenvalue weighted by Crippen LogP contribution is 2.19. The highest BCUT2D eigenvalue weighted by atomic mass is 16.5. The fraction of sp³-hybridized carbons (Fsp3) is 0.289. The Morgan fingerprint density at radius 2 is 0.667 bits per heavy atom. The molecule has 8 aromatic heterocycles. The maximum absolute atomic E-state index is 5.20. The van der Waals surface area contributed by atoms with Crippen LogP contribution < -0.4 is 0 Å². The van der Waals surface area contributed by atoms with Gasteiger partial charge in [0.15, 0.2) is 5.58 Å². The van der Waals surface area contributed by atoms with Crippen LogP contribution in [0.4, 0.5) is 0 Å². The third-order valence-electron chi connectivity index (χ3n) is 12.9. The Kier molecular flexibility index (Phi) is 43.0. The summed E-state index contributed by atoms with van der Waals surface area (Å²) in [6.07, 6.45) is 14.5. The minimum absolute atomic E-state index is 0.852. The van der Waals surface area contributed by atoms with E-state index in [1.165, 1.54) is 82.5 Å². The van der Waals surface area contributed by atoms with E-state index in [2.05, 4.69) is 219 Å². The van der Waals surface area contributed by atoms with Gasteiger partial charge in [0.1, 0.15) is 5.58 Å². The van der Waals surface area contributed by atoms with Gasteiger partial charge < -0.3 is 28.9 Å². The van der Waals surface area contributed by atoms with Gasteiger partial charge in [-0.25, -0.2) is 9.97 Å². The number of hydrogen-bond donors (Lipinski definition) is 6. The smallest absolute Gasteiger partial charge is 0.166 e. The summed E-state index contributed by atoms with van der Waals surface area (Å²) in [6.45, 7) is 48.6. The lowest BCUT2D eigenvalue weighted by molar-refractivity contribution is 0.456. The van der Waals surface area contributed by atoms with E-state index in [0.717, 1.165) is 49.7 Å².